The average molecular weight is 307 g/mol. The molecule has 1 aliphatic rings. The summed E-state index contributed by atoms with van der Waals surface area (Å²) in [6.45, 7) is 4.27. The van der Waals surface area contributed by atoms with E-state index in [0.717, 1.165) is 19.5 Å². The summed E-state index contributed by atoms with van der Waals surface area (Å²) in [7, 11) is 1.46. The topological polar surface area (TPSA) is 84.7 Å². The van der Waals surface area contributed by atoms with Gasteiger partial charge in [0.15, 0.2) is 0 Å². The van der Waals surface area contributed by atoms with Gasteiger partial charge in [0.05, 0.1) is 24.3 Å². The standard InChI is InChI=1S/C15H21N3O4/c1-11-4-3-7-17(9-11)10-15(19)16-13-8-12(18(20)21)5-6-14(13)22-2/h5-6,8,11H,3-4,7,9-10H2,1-2H3,(H,16,19)/t11-/m1/s1. The maximum atomic E-state index is 12.2. The SMILES string of the molecule is COc1ccc([N+](=O)[O-])cc1NC(=O)CN1CCC[C@@H](C)C1. The predicted molar refractivity (Wildman–Crippen MR) is 83.1 cm³/mol. The van der Waals surface area contributed by atoms with Crippen LogP contribution in [0.4, 0.5) is 11.4 Å². The van der Waals surface area contributed by atoms with Crippen LogP contribution in [0.15, 0.2) is 18.2 Å². The summed E-state index contributed by atoms with van der Waals surface area (Å²) >= 11 is 0. The van der Waals surface area contributed by atoms with Crippen molar-refractivity contribution in [2.24, 2.45) is 5.92 Å². The Kier molecular flexibility index (Phi) is 5.32. The van der Waals surface area contributed by atoms with Crippen LogP contribution in [0.5, 0.6) is 5.75 Å². The fourth-order valence-electron chi connectivity index (χ4n) is 2.73. The number of nitrogens with one attached hydrogen (secondary N) is 1. The number of amides is 1. The van der Waals surface area contributed by atoms with Gasteiger partial charge < -0.3 is 10.1 Å². The first-order chi connectivity index (χ1) is 10.5. The second-order valence-electron chi connectivity index (χ2n) is 5.67. The third-order valence-electron chi connectivity index (χ3n) is 3.78. The van der Waals surface area contributed by atoms with Crippen LogP contribution < -0.4 is 10.1 Å². The van der Waals surface area contributed by atoms with Crippen molar-refractivity contribution in [1.29, 1.82) is 0 Å². The van der Waals surface area contributed by atoms with Gasteiger partial charge >= 0.3 is 0 Å². The van der Waals surface area contributed by atoms with Crippen molar-refractivity contribution in [3.05, 3.63) is 28.3 Å². The fourth-order valence-corrected chi connectivity index (χ4v) is 2.73. The number of carbonyl (C=O) groups is 1. The minimum atomic E-state index is -0.499. The molecule has 1 atom stereocenters. The van der Waals surface area contributed by atoms with Gasteiger partial charge in [-0.2, -0.15) is 0 Å². The first-order valence-corrected chi connectivity index (χ1v) is 7.34. The number of benzene rings is 1. The Morgan fingerprint density at radius 1 is 1.55 bits per heavy atom. The normalized spacial score (nSPS) is 18.7. The van der Waals surface area contributed by atoms with Gasteiger partial charge in [-0.15, -0.1) is 0 Å². The Morgan fingerprint density at radius 2 is 2.32 bits per heavy atom. The number of methoxy groups -OCH3 is 1. The lowest BCUT2D eigenvalue weighted by molar-refractivity contribution is -0.384. The number of piperidine rings is 1. The van der Waals surface area contributed by atoms with Gasteiger partial charge in [0.2, 0.25) is 5.91 Å². The van der Waals surface area contributed by atoms with Crippen molar-refractivity contribution in [1.82, 2.24) is 4.90 Å². The second kappa shape index (κ2) is 7.22. The molecule has 1 aromatic carbocycles. The number of non-ortho nitro benzene ring substituents is 1. The van der Waals surface area contributed by atoms with E-state index >= 15 is 0 Å². The highest BCUT2D eigenvalue weighted by atomic mass is 16.6. The molecule has 120 valence electrons. The lowest BCUT2D eigenvalue weighted by atomic mass is 10.0. The number of carbonyl (C=O) groups excluding carboxylic acids is 1. The lowest BCUT2D eigenvalue weighted by Crippen LogP contribution is -2.39. The largest absolute Gasteiger partial charge is 0.495 e. The van der Waals surface area contributed by atoms with Crippen LogP contribution in [0.3, 0.4) is 0 Å². The van der Waals surface area contributed by atoms with Crippen LogP contribution in [0.2, 0.25) is 0 Å². The molecule has 1 aliphatic heterocycles. The van der Waals surface area contributed by atoms with Crippen molar-refractivity contribution < 1.29 is 14.5 Å². The number of nitro groups is 1. The van der Waals surface area contributed by atoms with E-state index in [9.17, 15) is 14.9 Å². The van der Waals surface area contributed by atoms with Crippen molar-refractivity contribution in [2.45, 2.75) is 19.8 Å². The number of hydrogen-bond donors (Lipinski definition) is 1. The van der Waals surface area contributed by atoms with Gasteiger partial charge in [0, 0.05) is 18.7 Å². The molecule has 0 spiro atoms. The molecule has 22 heavy (non-hydrogen) atoms. The summed E-state index contributed by atoms with van der Waals surface area (Å²) in [5, 5.41) is 13.5. The molecule has 1 aromatic rings. The Hall–Kier alpha value is -2.15. The van der Waals surface area contributed by atoms with E-state index in [0.29, 0.717) is 17.4 Å². The molecule has 0 aliphatic carbocycles. The van der Waals surface area contributed by atoms with Crippen LogP contribution in [0.1, 0.15) is 19.8 Å². The molecule has 7 heteroatoms. The zero-order valence-electron chi connectivity index (χ0n) is 12.9. The number of anilines is 1. The zero-order valence-corrected chi connectivity index (χ0v) is 12.9. The van der Waals surface area contributed by atoms with E-state index in [4.69, 9.17) is 4.74 Å². The van der Waals surface area contributed by atoms with Gasteiger partial charge in [0.1, 0.15) is 5.75 Å². The Balaban J connectivity index is 2.03. The Labute approximate surface area is 129 Å². The van der Waals surface area contributed by atoms with E-state index in [1.807, 2.05) is 0 Å². The van der Waals surface area contributed by atoms with Gasteiger partial charge in [-0.05, 0) is 31.4 Å². The van der Waals surface area contributed by atoms with E-state index < -0.39 is 4.92 Å². The molecular weight excluding hydrogens is 286 g/mol. The summed E-state index contributed by atoms with van der Waals surface area (Å²) in [5.74, 6) is 0.813. The van der Waals surface area contributed by atoms with Gasteiger partial charge in [0.25, 0.3) is 5.69 Å². The molecule has 0 radical (unpaired) electrons. The molecule has 1 fully saturated rings. The maximum absolute atomic E-state index is 12.2. The van der Waals surface area contributed by atoms with Crippen molar-refractivity contribution >= 4 is 17.3 Å². The number of hydrogen-bond acceptors (Lipinski definition) is 5. The van der Waals surface area contributed by atoms with Crippen molar-refractivity contribution in [3.8, 4) is 5.75 Å². The molecular formula is C15H21N3O4. The molecule has 7 nitrogen and oxygen atoms in total. The highest BCUT2D eigenvalue weighted by Crippen LogP contribution is 2.28. The summed E-state index contributed by atoms with van der Waals surface area (Å²) in [5.41, 5.74) is 0.245. The average Bonchev–Trinajstić information content (AvgIpc) is 2.47. The minimum absolute atomic E-state index is 0.0808. The lowest BCUT2D eigenvalue weighted by Gasteiger charge is -2.30. The molecule has 2 rings (SSSR count). The maximum Gasteiger partial charge on any atom is 0.271 e. The monoisotopic (exact) mass is 307 g/mol. The van der Waals surface area contributed by atoms with E-state index in [-0.39, 0.29) is 18.1 Å². The number of nitrogens with zero attached hydrogens (tertiary/aromatic N) is 2. The quantitative estimate of drug-likeness (QED) is 0.666. The zero-order chi connectivity index (χ0) is 16.1. The minimum Gasteiger partial charge on any atom is -0.495 e. The van der Waals surface area contributed by atoms with Crippen LogP contribution in [-0.2, 0) is 4.79 Å². The Morgan fingerprint density at radius 3 is 2.95 bits per heavy atom. The van der Waals surface area contributed by atoms with Crippen LogP contribution in [0.25, 0.3) is 0 Å². The van der Waals surface area contributed by atoms with Crippen molar-refractivity contribution in [3.63, 3.8) is 0 Å². The molecule has 1 saturated heterocycles. The first-order valence-electron chi connectivity index (χ1n) is 7.34. The highest BCUT2D eigenvalue weighted by molar-refractivity contribution is 5.94. The summed E-state index contributed by atoms with van der Waals surface area (Å²) in [6, 6.07) is 4.15. The Bertz CT molecular complexity index is 562. The third-order valence-corrected chi connectivity index (χ3v) is 3.78. The number of ether oxygens (including phenoxy) is 1. The third kappa shape index (κ3) is 4.17. The molecule has 0 saturated carbocycles. The van der Waals surface area contributed by atoms with E-state index in [1.165, 1.54) is 31.7 Å². The summed E-state index contributed by atoms with van der Waals surface area (Å²) in [4.78, 5) is 24.6. The van der Waals surface area contributed by atoms with E-state index in [2.05, 4.69) is 17.1 Å². The van der Waals surface area contributed by atoms with Crippen LogP contribution >= 0.6 is 0 Å². The van der Waals surface area contributed by atoms with Crippen LogP contribution in [-0.4, -0.2) is 42.5 Å². The predicted octanol–water partition coefficient (Wildman–Crippen LogP) is 2.27. The summed E-state index contributed by atoms with van der Waals surface area (Å²) in [6.07, 6.45) is 2.28. The molecule has 0 bridgehead atoms. The van der Waals surface area contributed by atoms with Gasteiger partial charge in [-0.25, -0.2) is 0 Å². The van der Waals surface area contributed by atoms with Crippen molar-refractivity contribution in [2.75, 3.05) is 32.1 Å². The molecule has 1 heterocycles. The number of likely N-dealkylation sites (tertiary alicyclic amines) is 1. The summed E-state index contributed by atoms with van der Waals surface area (Å²) < 4.78 is 5.14. The van der Waals surface area contributed by atoms with Gasteiger partial charge in [-0.1, -0.05) is 6.92 Å². The second-order valence-corrected chi connectivity index (χ2v) is 5.67. The molecule has 0 aromatic heterocycles. The molecule has 0 unspecified atom stereocenters. The number of nitro benzene ring substituents is 1. The first kappa shape index (κ1) is 16.2. The van der Waals surface area contributed by atoms with Gasteiger partial charge in [-0.3, -0.25) is 19.8 Å². The molecule has 1 N–H and O–H groups in total. The fraction of sp³-hybridized carbons (Fsp3) is 0.533. The highest BCUT2D eigenvalue weighted by Gasteiger charge is 2.20. The smallest absolute Gasteiger partial charge is 0.271 e. The number of rotatable bonds is 5. The van der Waals surface area contributed by atoms with Crippen LogP contribution in [0, 0.1) is 16.0 Å². The molecule has 1 amide bonds. The van der Waals surface area contributed by atoms with E-state index in [1.54, 1.807) is 0 Å².